The van der Waals surface area contributed by atoms with E-state index in [0.29, 0.717) is 43.4 Å². The Morgan fingerprint density at radius 2 is 1.90 bits per heavy atom. The van der Waals surface area contributed by atoms with Crippen LogP contribution in [0, 0.1) is 18.3 Å². The molecule has 29 heavy (non-hydrogen) atoms. The van der Waals surface area contributed by atoms with Crippen LogP contribution in [0.15, 0.2) is 33.2 Å². The summed E-state index contributed by atoms with van der Waals surface area (Å²) in [7, 11) is 0. The Morgan fingerprint density at radius 3 is 2.52 bits per heavy atom. The topological polar surface area (TPSA) is 109 Å². The van der Waals surface area contributed by atoms with Gasteiger partial charge < -0.3 is 14.6 Å². The summed E-state index contributed by atoms with van der Waals surface area (Å²) in [6.07, 6.45) is 1.52. The van der Waals surface area contributed by atoms with Crippen LogP contribution in [0.25, 0.3) is 0 Å². The standard InChI is InChI=1S/C21H26N4O4/c1-5-8-11-25-20(26)16(13-22)14(4)19(21(25)27)24-23-17-10-9-15(28-6-2)12-18(17)29-7-3/h9-10,12,26H,5-8,11H2,1-4H3. The molecule has 8 nitrogen and oxygen atoms in total. The fourth-order valence-corrected chi connectivity index (χ4v) is 2.79. The van der Waals surface area contributed by atoms with Crippen LogP contribution in [0.4, 0.5) is 11.4 Å². The molecule has 1 aromatic carbocycles. The summed E-state index contributed by atoms with van der Waals surface area (Å²) < 4.78 is 12.3. The summed E-state index contributed by atoms with van der Waals surface area (Å²) in [6, 6.07) is 7.09. The third-order valence-electron chi connectivity index (χ3n) is 4.30. The fraction of sp³-hybridized carbons (Fsp3) is 0.429. The maximum Gasteiger partial charge on any atom is 0.281 e. The molecular formula is C21H26N4O4. The number of aromatic hydroxyl groups is 1. The van der Waals surface area contributed by atoms with Gasteiger partial charge in [-0.15, -0.1) is 10.2 Å². The second-order valence-electron chi connectivity index (χ2n) is 6.29. The predicted molar refractivity (Wildman–Crippen MR) is 110 cm³/mol. The van der Waals surface area contributed by atoms with Gasteiger partial charge in [0, 0.05) is 18.2 Å². The molecule has 1 aromatic heterocycles. The quantitative estimate of drug-likeness (QED) is 0.613. The SMILES string of the molecule is CCCCn1c(O)c(C#N)c(C)c(N=Nc2ccc(OCC)cc2OCC)c1=O. The number of benzene rings is 1. The van der Waals surface area contributed by atoms with Crippen molar-refractivity contribution in [2.75, 3.05) is 13.2 Å². The average molecular weight is 398 g/mol. The summed E-state index contributed by atoms with van der Waals surface area (Å²) >= 11 is 0. The molecule has 0 aliphatic carbocycles. The van der Waals surface area contributed by atoms with Crippen LogP contribution < -0.4 is 15.0 Å². The molecule has 0 saturated carbocycles. The van der Waals surface area contributed by atoms with Crippen LogP contribution >= 0.6 is 0 Å². The lowest BCUT2D eigenvalue weighted by molar-refractivity contribution is 0.324. The van der Waals surface area contributed by atoms with Crippen LogP contribution in [0.1, 0.15) is 44.7 Å². The number of pyridine rings is 1. The molecule has 2 aromatic rings. The summed E-state index contributed by atoms with van der Waals surface area (Å²) in [6.45, 7) is 8.53. The number of ether oxygens (including phenoxy) is 2. The van der Waals surface area contributed by atoms with Gasteiger partial charge in [0.1, 0.15) is 28.8 Å². The lowest BCUT2D eigenvalue weighted by Gasteiger charge is -2.13. The lowest BCUT2D eigenvalue weighted by atomic mass is 10.1. The van der Waals surface area contributed by atoms with E-state index in [4.69, 9.17) is 9.47 Å². The molecule has 154 valence electrons. The van der Waals surface area contributed by atoms with Crippen molar-refractivity contribution in [2.45, 2.75) is 47.1 Å². The molecule has 8 heteroatoms. The van der Waals surface area contributed by atoms with E-state index in [1.54, 1.807) is 25.1 Å². The van der Waals surface area contributed by atoms with E-state index in [1.165, 1.54) is 4.57 Å². The molecule has 0 saturated heterocycles. The largest absolute Gasteiger partial charge is 0.494 e. The molecule has 1 heterocycles. The molecule has 0 amide bonds. The average Bonchev–Trinajstić information content (AvgIpc) is 2.70. The van der Waals surface area contributed by atoms with Gasteiger partial charge in [-0.3, -0.25) is 9.36 Å². The summed E-state index contributed by atoms with van der Waals surface area (Å²) in [5, 5.41) is 28.0. The molecule has 0 atom stereocenters. The first-order chi connectivity index (χ1) is 14.0. The number of aromatic nitrogens is 1. The molecule has 0 bridgehead atoms. The minimum atomic E-state index is -0.486. The van der Waals surface area contributed by atoms with Crippen molar-refractivity contribution in [1.82, 2.24) is 4.57 Å². The third-order valence-corrected chi connectivity index (χ3v) is 4.30. The Bertz CT molecular complexity index is 990. The van der Waals surface area contributed by atoms with E-state index in [2.05, 4.69) is 10.2 Å². The van der Waals surface area contributed by atoms with Gasteiger partial charge in [0.25, 0.3) is 5.56 Å². The van der Waals surface area contributed by atoms with E-state index >= 15 is 0 Å². The highest BCUT2D eigenvalue weighted by molar-refractivity contribution is 5.58. The first kappa shape index (κ1) is 22.0. The van der Waals surface area contributed by atoms with Gasteiger partial charge in [-0.05, 0) is 39.3 Å². The van der Waals surface area contributed by atoms with Crippen LogP contribution in [0.3, 0.4) is 0 Å². The van der Waals surface area contributed by atoms with Crippen molar-refractivity contribution in [3.05, 3.63) is 39.7 Å². The summed E-state index contributed by atoms with van der Waals surface area (Å²) in [5.74, 6) is 0.785. The van der Waals surface area contributed by atoms with Gasteiger partial charge in [-0.25, -0.2) is 0 Å². The summed E-state index contributed by atoms with van der Waals surface area (Å²) in [5.41, 5.74) is 0.273. The zero-order valence-electron chi connectivity index (χ0n) is 17.2. The Labute approximate surface area is 170 Å². The number of nitrogens with zero attached hydrogens (tertiary/aromatic N) is 4. The molecule has 0 radical (unpaired) electrons. The number of azo groups is 1. The maximum absolute atomic E-state index is 12.8. The zero-order valence-corrected chi connectivity index (χ0v) is 17.2. The minimum Gasteiger partial charge on any atom is -0.494 e. The monoisotopic (exact) mass is 398 g/mol. The van der Waals surface area contributed by atoms with Crippen molar-refractivity contribution in [2.24, 2.45) is 10.2 Å². The predicted octanol–water partition coefficient (Wildman–Crippen LogP) is 4.75. The van der Waals surface area contributed by atoms with Crippen molar-refractivity contribution in [1.29, 1.82) is 5.26 Å². The minimum absolute atomic E-state index is 0.0198. The number of hydrogen-bond acceptors (Lipinski definition) is 7. The number of unbranched alkanes of at least 4 members (excludes halogenated alkanes) is 1. The molecule has 0 aliphatic heterocycles. The van der Waals surface area contributed by atoms with Crippen LogP contribution in [0.5, 0.6) is 17.4 Å². The van der Waals surface area contributed by atoms with Gasteiger partial charge in [0.15, 0.2) is 5.69 Å². The number of hydrogen-bond donors (Lipinski definition) is 1. The van der Waals surface area contributed by atoms with Gasteiger partial charge in [-0.1, -0.05) is 13.3 Å². The smallest absolute Gasteiger partial charge is 0.281 e. The zero-order chi connectivity index (χ0) is 21.4. The lowest BCUT2D eigenvalue weighted by Crippen LogP contribution is -2.22. The maximum atomic E-state index is 12.8. The van der Waals surface area contributed by atoms with E-state index in [1.807, 2.05) is 26.8 Å². The second kappa shape index (κ2) is 10.3. The van der Waals surface area contributed by atoms with Gasteiger partial charge >= 0.3 is 0 Å². The number of nitriles is 1. The van der Waals surface area contributed by atoms with Gasteiger partial charge in [0.05, 0.1) is 13.2 Å². The molecule has 0 aliphatic rings. The highest BCUT2D eigenvalue weighted by Crippen LogP contribution is 2.34. The van der Waals surface area contributed by atoms with E-state index in [9.17, 15) is 15.2 Å². The van der Waals surface area contributed by atoms with Crippen molar-refractivity contribution < 1.29 is 14.6 Å². The first-order valence-electron chi connectivity index (χ1n) is 9.66. The first-order valence-corrected chi connectivity index (χ1v) is 9.66. The summed E-state index contributed by atoms with van der Waals surface area (Å²) in [4.78, 5) is 12.8. The second-order valence-corrected chi connectivity index (χ2v) is 6.29. The molecule has 2 rings (SSSR count). The normalized spacial score (nSPS) is 10.9. The van der Waals surface area contributed by atoms with Gasteiger partial charge in [0.2, 0.25) is 5.88 Å². The molecule has 1 N–H and O–H groups in total. The van der Waals surface area contributed by atoms with Gasteiger partial charge in [-0.2, -0.15) is 5.26 Å². The van der Waals surface area contributed by atoms with Crippen molar-refractivity contribution in [3.8, 4) is 23.4 Å². The van der Waals surface area contributed by atoms with E-state index in [0.717, 1.165) is 6.42 Å². The highest BCUT2D eigenvalue weighted by Gasteiger charge is 2.19. The third kappa shape index (κ3) is 4.93. The van der Waals surface area contributed by atoms with Crippen molar-refractivity contribution in [3.63, 3.8) is 0 Å². The Kier molecular flexibility index (Phi) is 7.78. The molecule has 0 fully saturated rings. The Morgan fingerprint density at radius 1 is 1.17 bits per heavy atom. The van der Waals surface area contributed by atoms with E-state index < -0.39 is 5.56 Å². The van der Waals surface area contributed by atoms with E-state index in [-0.39, 0.29) is 22.7 Å². The molecular weight excluding hydrogens is 372 g/mol. The Balaban J connectivity index is 2.55. The fourth-order valence-electron chi connectivity index (χ4n) is 2.79. The van der Waals surface area contributed by atoms with Crippen LogP contribution in [-0.4, -0.2) is 22.9 Å². The van der Waals surface area contributed by atoms with Crippen molar-refractivity contribution >= 4 is 11.4 Å². The van der Waals surface area contributed by atoms with Crippen LogP contribution in [0.2, 0.25) is 0 Å². The number of rotatable bonds is 9. The van der Waals surface area contributed by atoms with Crippen LogP contribution in [-0.2, 0) is 6.54 Å². The molecule has 0 unspecified atom stereocenters. The highest BCUT2D eigenvalue weighted by atomic mass is 16.5. The Hall–Kier alpha value is -3.34. The molecule has 0 spiro atoms.